The number of hydrogen-bond acceptors (Lipinski definition) is 4. The van der Waals surface area contributed by atoms with E-state index in [0.29, 0.717) is 6.07 Å². The van der Waals surface area contributed by atoms with Gasteiger partial charge in [0.15, 0.2) is 9.84 Å². The number of Topliss-reactive ketones (excluding diaryl/α,β-unsaturated/α-hetero) is 1. The third-order valence-electron chi connectivity index (χ3n) is 3.04. The van der Waals surface area contributed by atoms with Crippen LogP contribution in [0.4, 0.5) is 18.9 Å². The minimum absolute atomic E-state index is 0.320. The molecule has 0 aromatic heterocycles. The summed E-state index contributed by atoms with van der Waals surface area (Å²) in [7, 11) is -3.78. The fraction of sp³-hybridized carbons (Fsp3) is 0.231. The molecule has 1 aromatic carbocycles. The van der Waals surface area contributed by atoms with E-state index in [1.807, 2.05) is 5.32 Å². The molecule has 0 fully saturated rings. The van der Waals surface area contributed by atoms with Crippen LogP contribution in [0, 0.1) is 0 Å². The van der Waals surface area contributed by atoms with Gasteiger partial charge in [0, 0.05) is 5.69 Å². The average Bonchev–Trinajstić information content (AvgIpc) is 2.78. The Balaban J connectivity index is 2.21. The summed E-state index contributed by atoms with van der Waals surface area (Å²) in [5.41, 5.74) is -1.50. The van der Waals surface area contributed by atoms with Gasteiger partial charge in [-0.05, 0) is 18.2 Å². The van der Waals surface area contributed by atoms with Crippen LogP contribution >= 0.6 is 11.6 Å². The minimum atomic E-state index is -4.74. The fourth-order valence-corrected chi connectivity index (χ4v) is 3.52. The Morgan fingerprint density at radius 3 is 2.43 bits per heavy atom. The molecular weight excluding hydrogens is 359 g/mol. The highest BCUT2D eigenvalue weighted by atomic mass is 35.5. The van der Waals surface area contributed by atoms with Crippen molar-refractivity contribution in [2.75, 3.05) is 11.1 Å². The molecule has 1 atom stereocenters. The molecule has 0 saturated heterocycles. The van der Waals surface area contributed by atoms with Crippen LogP contribution in [-0.4, -0.2) is 31.1 Å². The molecule has 1 heterocycles. The molecule has 1 N–H and O–H groups in total. The maximum atomic E-state index is 12.7. The van der Waals surface area contributed by atoms with Crippen LogP contribution in [0.3, 0.4) is 0 Å². The standard InChI is InChI=1S/C13H9ClF3NO4S/c14-9-4-3-7(6-8(9)13(15,16)17)18-12(20)11(19)10-2-1-5-23(10,21)22/h1-4,6,10H,5H2,(H,18,20)/t10-/m0/s1. The molecular formula is C13H9ClF3NO4S. The molecule has 124 valence electrons. The predicted molar refractivity (Wildman–Crippen MR) is 76.8 cm³/mol. The molecule has 2 rings (SSSR count). The monoisotopic (exact) mass is 367 g/mol. The van der Waals surface area contributed by atoms with Crippen LogP contribution in [0.15, 0.2) is 30.4 Å². The van der Waals surface area contributed by atoms with E-state index in [1.54, 1.807) is 0 Å². The van der Waals surface area contributed by atoms with Crippen LogP contribution < -0.4 is 5.32 Å². The SMILES string of the molecule is O=C(Nc1ccc(Cl)c(C(F)(F)F)c1)C(=O)[C@@H]1C=CCS1(=O)=O. The van der Waals surface area contributed by atoms with Crippen LogP contribution in [0.5, 0.6) is 0 Å². The Morgan fingerprint density at radius 1 is 1.26 bits per heavy atom. The third kappa shape index (κ3) is 3.73. The summed E-state index contributed by atoms with van der Waals surface area (Å²) in [6, 6.07) is 2.55. The Labute approximate surface area is 134 Å². The molecule has 23 heavy (non-hydrogen) atoms. The highest BCUT2D eigenvalue weighted by Crippen LogP contribution is 2.36. The first kappa shape index (κ1) is 17.5. The minimum Gasteiger partial charge on any atom is -0.319 e. The second-order valence-electron chi connectivity index (χ2n) is 4.69. The summed E-state index contributed by atoms with van der Waals surface area (Å²) in [6.07, 6.45) is -2.44. The Kier molecular flexibility index (Phi) is 4.54. The number of hydrogen-bond donors (Lipinski definition) is 1. The number of ketones is 1. The first-order valence-electron chi connectivity index (χ1n) is 6.12. The molecule has 1 aliphatic rings. The molecule has 1 amide bonds. The van der Waals surface area contributed by atoms with Crippen molar-refractivity contribution in [3.8, 4) is 0 Å². The van der Waals surface area contributed by atoms with Crippen molar-refractivity contribution in [1.82, 2.24) is 0 Å². The quantitative estimate of drug-likeness (QED) is 0.656. The van der Waals surface area contributed by atoms with Crippen molar-refractivity contribution in [2.45, 2.75) is 11.4 Å². The van der Waals surface area contributed by atoms with E-state index < -0.39 is 43.5 Å². The number of rotatable bonds is 3. The zero-order valence-electron chi connectivity index (χ0n) is 11.2. The van der Waals surface area contributed by atoms with Gasteiger partial charge in [-0.15, -0.1) is 0 Å². The molecule has 10 heteroatoms. The number of alkyl halides is 3. The molecule has 0 spiro atoms. The van der Waals surface area contributed by atoms with Gasteiger partial charge >= 0.3 is 6.18 Å². The van der Waals surface area contributed by atoms with Crippen molar-refractivity contribution in [2.24, 2.45) is 0 Å². The summed E-state index contributed by atoms with van der Waals surface area (Å²) < 4.78 is 61.3. The van der Waals surface area contributed by atoms with Gasteiger partial charge in [0.05, 0.1) is 16.3 Å². The van der Waals surface area contributed by atoms with E-state index in [0.717, 1.165) is 18.2 Å². The number of amides is 1. The second-order valence-corrected chi connectivity index (χ2v) is 7.26. The van der Waals surface area contributed by atoms with Crippen LogP contribution in [0.25, 0.3) is 0 Å². The van der Waals surface area contributed by atoms with Gasteiger partial charge in [-0.25, -0.2) is 8.42 Å². The lowest BCUT2D eigenvalue weighted by molar-refractivity contribution is -0.137. The number of carbonyl (C=O) groups is 2. The van der Waals surface area contributed by atoms with Crippen LogP contribution in [0.1, 0.15) is 5.56 Å². The highest BCUT2D eigenvalue weighted by Gasteiger charge is 2.37. The lowest BCUT2D eigenvalue weighted by Crippen LogP contribution is -2.36. The van der Waals surface area contributed by atoms with Gasteiger partial charge in [-0.1, -0.05) is 23.8 Å². The van der Waals surface area contributed by atoms with Gasteiger partial charge in [0.1, 0.15) is 5.25 Å². The summed E-state index contributed by atoms with van der Waals surface area (Å²) >= 11 is 5.43. The number of sulfone groups is 1. The third-order valence-corrected chi connectivity index (χ3v) is 5.17. The first-order valence-corrected chi connectivity index (χ1v) is 8.22. The van der Waals surface area contributed by atoms with E-state index in [4.69, 9.17) is 11.6 Å². The molecule has 1 aromatic rings. The zero-order valence-corrected chi connectivity index (χ0v) is 12.8. The van der Waals surface area contributed by atoms with Crippen LogP contribution in [0.2, 0.25) is 5.02 Å². The smallest absolute Gasteiger partial charge is 0.319 e. The molecule has 5 nitrogen and oxygen atoms in total. The summed E-state index contributed by atoms with van der Waals surface area (Å²) in [5.74, 6) is -2.95. The highest BCUT2D eigenvalue weighted by molar-refractivity contribution is 7.93. The van der Waals surface area contributed by atoms with Gasteiger partial charge in [0.25, 0.3) is 5.91 Å². The largest absolute Gasteiger partial charge is 0.417 e. The van der Waals surface area contributed by atoms with E-state index in [1.165, 1.54) is 6.08 Å². The van der Waals surface area contributed by atoms with Crippen molar-refractivity contribution < 1.29 is 31.2 Å². The molecule has 1 aliphatic heterocycles. The zero-order chi connectivity index (χ0) is 17.4. The van der Waals surface area contributed by atoms with Gasteiger partial charge in [0.2, 0.25) is 5.78 Å². The lowest BCUT2D eigenvalue weighted by Gasteiger charge is -2.12. The number of benzene rings is 1. The van der Waals surface area contributed by atoms with E-state index in [-0.39, 0.29) is 11.4 Å². The predicted octanol–water partition coefficient (Wildman–Crippen LogP) is 2.22. The van der Waals surface area contributed by atoms with E-state index in [9.17, 15) is 31.2 Å². The molecule has 0 aliphatic carbocycles. The second kappa shape index (κ2) is 5.97. The first-order chi connectivity index (χ1) is 10.5. The van der Waals surface area contributed by atoms with E-state index in [2.05, 4.69) is 0 Å². The van der Waals surface area contributed by atoms with Crippen molar-refractivity contribution in [3.05, 3.63) is 40.9 Å². The number of carbonyl (C=O) groups excluding carboxylic acids is 2. The topological polar surface area (TPSA) is 80.3 Å². The maximum absolute atomic E-state index is 12.7. The van der Waals surface area contributed by atoms with Crippen molar-refractivity contribution in [3.63, 3.8) is 0 Å². The molecule has 0 radical (unpaired) electrons. The Hall–Kier alpha value is -1.87. The Bertz CT molecular complexity index is 802. The molecule has 0 bridgehead atoms. The number of anilines is 1. The van der Waals surface area contributed by atoms with Gasteiger partial charge in [-0.3, -0.25) is 9.59 Å². The fourth-order valence-electron chi connectivity index (χ4n) is 1.93. The van der Waals surface area contributed by atoms with Crippen molar-refractivity contribution in [1.29, 1.82) is 0 Å². The number of halogens is 4. The van der Waals surface area contributed by atoms with Gasteiger partial charge in [-0.2, -0.15) is 13.2 Å². The van der Waals surface area contributed by atoms with Gasteiger partial charge < -0.3 is 5.32 Å². The summed E-state index contributed by atoms with van der Waals surface area (Å²) in [6.45, 7) is 0. The lowest BCUT2D eigenvalue weighted by atomic mass is 10.2. The van der Waals surface area contributed by atoms with Crippen LogP contribution in [-0.2, 0) is 25.6 Å². The maximum Gasteiger partial charge on any atom is 0.417 e. The van der Waals surface area contributed by atoms with Crippen molar-refractivity contribution >= 4 is 38.8 Å². The van der Waals surface area contributed by atoms with E-state index >= 15 is 0 Å². The Morgan fingerprint density at radius 2 is 1.91 bits per heavy atom. The molecule has 0 saturated carbocycles. The summed E-state index contributed by atoms with van der Waals surface area (Å²) in [4.78, 5) is 23.6. The number of nitrogens with one attached hydrogen (secondary N) is 1. The summed E-state index contributed by atoms with van der Waals surface area (Å²) in [5, 5.41) is -0.230. The average molecular weight is 368 g/mol. The normalized spacial score (nSPS) is 19.6. The molecule has 0 unspecified atom stereocenters.